The van der Waals surface area contributed by atoms with Crippen LogP contribution >= 0.6 is 7.82 Å². The Kier molecular flexibility index (Phi) is 58.7. The SMILES string of the molecule is CC/C=C\C/C=C\C/C=C\C/C=C\C/C=C\C/C=C\C/C=C\C/C=C\C/C=C\CCCCCCCC(=O)NC(COP(=O)(O)OCC[N+](C)(C)C)C(O)/C=C/CC/C=C/CCCCCCCCCCCCCCCCCCCCCC. The van der Waals surface area contributed by atoms with Gasteiger partial charge in [-0.25, -0.2) is 4.57 Å². The molecule has 0 aromatic rings. The van der Waals surface area contributed by atoms with E-state index >= 15 is 0 Å². The van der Waals surface area contributed by atoms with Crippen LogP contribution in [0.25, 0.3) is 0 Å². The van der Waals surface area contributed by atoms with Gasteiger partial charge >= 0.3 is 7.82 Å². The lowest BCUT2D eigenvalue weighted by Crippen LogP contribution is -2.45. The number of carbonyl (C=O) groups is 1. The van der Waals surface area contributed by atoms with Crippen molar-refractivity contribution < 1.29 is 32.9 Å². The normalized spacial score (nSPS) is 14.6. The van der Waals surface area contributed by atoms with Crippen LogP contribution in [0, 0.1) is 0 Å². The van der Waals surface area contributed by atoms with Crippen molar-refractivity contribution in [2.45, 2.75) is 276 Å². The Morgan fingerprint density at radius 1 is 0.432 bits per heavy atom. The summed E-state index contributed by atoms with van der Waals surface area (Å²) < 4.78 is 23.8. The first-order valence-corrected chi connectivity index (χ1v) is 34.6. The minimum absolute atomic E-state index is 0.0449. The van der Waals surface area contributed by atoms with Gasteiger partial charge < -0.3 is 19.8 Å². The van der Waals surface area contributed by atoms with Gasteiger partial charge in [-0.2, -0.15) is 0 Å². The van der Waals surface area contributed by atoms with Gasteiger partial charge in [0.15, 0.2) is 0 Å². The first-order chi connectivity index (χ1) is 39.5. The lowest BCUT2D eigenvalue weighted by Gasteiger charge is -2.25. The van der Waals surface area contributed by atoms with Crippen molar-refractivity contribution in [2.75, 3.05) is 40.9 Å². The molecule has 3 N–H and O–H groups in total. The van der Waals surface area contributed by atoms with E-state index in [0.717, 1.165) is 116 Å². The Hall–Kier alpha value is -3.36. The maximum absolute atomic E-state index is 13.0. The summed E-state index contributed by atoms with van der Waals surface area (Å²) >= 11 is 0. The molecule has 0 aliphatic heterocycles. The van der Waals surface area contributed by atoms with Crippen LogP contribution in [0.2, 0.25) is 0 Å². The molecular formula is C72H126N2O6P+. The second kappa shape index (κ2) is 61.2. The monoisotopic (exact) mass is 1150 g/mol. The van der Waals surface area contributed by atoms with Crippen LogP contribution in [-0.4, -0.2) is 73.4 Å². The zero-order chi connectivity index (χ0) is 59.1. The number of nitrogens with zero attached hydrogens (tertiary/aromatic N) is 1. The molecule has 3 unspecified atom stereocenters. The molecule has 9 heteroatoms. The predicted octanol–water partition coefficient (Wildman–Crippen LogP) is 21.0. The van der Waals surface area contributed by atoms with Gasteiger partial charge in [-0.15, -0.1) is 0 Å². The summed E-state index contributed by atoms with van der Waals surface area (Å²) in [5, 5.41) is 14.0. The van der Waals surface area contributed by atoms with E-state index in [1.807, 2.05) is 27.2 Å². The van der Waals surface area contributed by atoms with Gasteiger partial charge in [0, 0.05) is 6.42 Å². The standard InChI is InChI=1S/C72H125N2O6P/c1-6-8-10-12-14-16-18-20-22-24-26-28-30-32-34-35-36-37-38-39-40-42-44-46-48-50-52-54-56-58-60-62-64-66-72(76)73-70(69-80-81(77,78)79-68-67-74(3,4)5)71(75)65-63-61-59-57-55-53-51-49-47-45-43-41-33-31-29-27-25-23-21-19-17-15-13-11-9-7-2/h8,10,14,16,20,22,26,28,32,34,36-37,39-40,44,46,50,52,55,57,63,65,70-71,75H,6-7,9,11-13,15,17-19,21,23-25,27,29-31,33,35,38,41-43,45,47-49,51,53-54,56,58-62,64,66-69H2,1-5H3,(H-,73,76,77,78)/p+1/b10-8-,16-14-,22-20-,28-26-,34-32-,37-36-,40-39-,46-44-,52-50-,57-55+,65-63+. The van der Waals surface area contributed by atoms with E-state index in [-0.39, 0.29) is 19.1 Å². The number of carbonyl (C=O) groups excluding carboxylic acids is 1. The van der Waals surface area contributed by atoms with Gasteiger partial charge in [-0.3, -0.25) is 13.8 Å². The second-order valence-electron chi connectivity index (χ2n) is 23.1. The fourth-order valence-electron chi connectivity index (χ4n) is 8.99. The van der Waals surface area contributed by atoms with Crippen molar-refractivity contribution >= 4 is 13.7 Å². The lowest BCUT2D eigenvalue weighted by atomic mass is 10.0. The smallest absolute Gasteiger partial charge is 0.387 e. The molecule has 0 aromatic carbocycles. The van der Waals surface area contributed by atoms with Gasteiger partial charge in [0.2, 0.25) is 5.91 Å². The summed E-state index contributed by atoms with van der Waals surface area (Å²) in [7, 11) is 1.52. The molecule has 0 spiro atoms. The number of quaternary nitrogens is 1. The minimum atomic E-state index is -4.38. The number of likely N-dealkylation sites (N-methyl/N-ethyl adjacent to an activating group) is 1. The molecule has 0 fully saturated rings. The molecule has 0 saturated carbocycles. The maximum atomic E-state index is 13.0. The highest BCUT2D eigenvalue weighted by Gasteiger charge is 2.27. The largest absolute Gasteiger partial charge is 0.472 e. The minimum Gasteiger partial charge on any atom is -0.387 e. The molecule has 1 amide bonds. The molecule has 0 aliphatic carbocycles. The number of nitrogens with one attached hydrogen (secondary N) is 1. The Balaban J connectivity index is 4.27. The van der Waals surface area contributed by atoms with Crippen LogP contribution in [0.4, 0.5) is 0 Å². The van der Waals surface area contributed by atoms with E-state index in [4.69, 9.17) is 9.05 Å². The van der Waals surface area contributed by atoms with Gasteiger partial charge in [-0.05, 0) is 103 Å². The molecule has 0 bridgehead atoms. The molecule has 0 saturated heterocycles. The summed E-state index contributed by atoms with van der Waals surface area (Å²) in [5.74, 6) is -0.209. The topological polar surface area (TPSA) is 105 Å². The van der Waals surface area contributed by atoms with Gasteiger partial charge in [-0.1, -0.05) is 289 Å². The molecule has 81 heavy (non-hydrogen) atoms. The van der Waals surface area contributed by atoms with E-state index in [9.17, 15) is 19.4 Å². The Morgan fingerprint density at radius 3 is 1.14 bits per heavy atom. The van der Waals surface area contributed by atoms with E-state index in [0.29, 0.717) is 17.4 Å². The number of amides is 1. The number of unbranched alkanes of at least 4 members (excludes halogenated alkanes) is 26. The molecule has 0 radical (unpaired) electrons. The highest BCUT2D eigenvalue weighted by molar-refractivity contribution is 7.47. The number of aliphatic hydroxyl groups is 1. The van der Waals surface area contributed by atoms with Crippen molar-refractivity contribution in [3.05, 3.63) is 134 Å². The van der Waals surface area contributed by atoms with Crippen LogP contribution < -0.4 is 5.32 Å². The molecule has 8 nitrogen and oxygen atoms in total. The van der Waals surface area contributed by atoms with E-state index in [1.54, 1.807) is 6.08 Å². The average Bonchev–Trinajstić information content (AvgIpc) is 3.43. The second-order valence-corrected chi connectivity index (χ2v) is 24.6. The van der Waals surface area contributed by atoms with Crippen molar-refractivity contribution in [1.29, 1.82) is 0 Å². The summed E-state index contributed by atoms with van der Waals surface area (Å²) in [6.07, 6.45) is 93.0. The van der Waals surface area contributed by atoms with Crippen molar-refractivity contribution in [1.82, 2.24) is 5.32 Å². The van der Waals surface area contributed by atoms with Crippen LogP contribution in [-0.2, 0) is 18.4 Å². The summed E-state index contributed by atoms with van der Waals surface area (Å²) in [4.78, 5) is 23.4. The molecular weight excluding hydrogens is 1020 g/mol. The molecule has 464 valence electrons. The Labute approximate surface area is 500 Å². The van der Waals surface area contributed by atoms with Crippen molar-refractivity contribution in [2.24, 2.45) is 0 Å². The van der Waals surface area contributed by atoms with Crippen LogP contribution in [0.15, 0.2) is 134 Å². The number of aliphatic hydroxyl groups excluding tert-OH is 1. The lowest BCUT2D eigenvalue weighted by molar-refractivity contribution is -0.870. The molecule has 0 rings (SSSR count). The summed E-state index contributed by atoms with van der Waals surface area (Å²) in [6, 6.07) is -0.886. The average molecular weight is 1150 g/mol. The summed E-state index contributed by atoms with van der Waals surface area (Å²) in [6.45, 7) is 4.67. The predicted molar refractivity (Wildman–Crippen MR) is 355 cm³/mol. The third-order valence-corrected chi connectivity index (χ3v) is 15.1. The van der Waals surface area contributed by atoms with Crippen LogP contribution in [0.5, 0.6) is 0 Å². The van der Waals surface area contributed by atoms with Gasteiger partial charge in [0.25, 0.3) is 0 Å². The maximum Gasteiger partial charge on any atom is 0.472 e. The fraction of sp³-hybridized carbons (Fsp3) is 0.681. The molecule has 0 aliphatic rings. The Bertz CT molecular complexity index is 1780. The van der Waals surface area contributed by atoms with Crippen LogP contribution in [0.3, 0.4) is 0 Å². The number of hydrogen-bond acceptors (Lipinski definition) is 5. The first kappa shape index (κ1) is 77.6. The van der Waals surface area contributed by atoms with E-state index in [2.05, 4.69) is 141 Å². The molecule has 0 aromatic heterocycles. The van der Waals surface area contributed by atoms with Crippen LogP contribution in [0.1, 0.15) is 264 Å². The number of allylic oxidation sites excluding steroid dienone is 21. The van der Waals surface area contributed by atoms with Crippen molar-refractivity contribution in [3.63, 3.8) is 0 Å². The molecule has 0 heterocycles. The number of phosphoric ester groups is 1. The third-order valence-electron chi connectivity index (χ3n) is 14.1. The van der Waals surface area contributed by atoms with Gasteiger partial charge in [0.1, 0.15) is 13.2 Å². The first-order valence-electron chi connectivity index (χ1n) is 33.1. The highest BCUT2D eigenvalue weighted by Crippen LogP contribution is 2.43. The van der Waals surface area contributed by atoms with Crippen molar-refractivity contribution in [3.8, 4) is 0 Å². The zero-order valence-corrected chi connectivity index (χ0v) is 53.9. The quantitative estimate of drug-likeness (QED) is 0.0243. The number of hydrogen-bond donors (Lipinski definition) is 3. The van der Waals surface area contributed by atoms with Gasteiger partial charge in [0.05, 0.1) is 39.9 Å². The summed E-state index contributed by atoms with van der Waals surface area (Å²) in [5.41, 5.74) is 0. The number of phosphoric acid groups is 1. The zero-order valence-electron chi connectivity index (χ0n) is 53.0. The molecule has 3 atom stereocenters. The third kappa shape index (κ3) is 64.1. The highest BCUT2D eigenvalue weighted by atomic mass is 31.2. The van der Waals surface area contributed by atoms with E-state index < -0.39 is 20.0 Å². The Morgan fingerprint density at radius 2 is 0.753 bits per heavy atom. The van der Waals surface area contributed by atoms with E-state index in [1.165, 1.54) is 128 Å². The number of rotatable bonds is 59. The fourth-order valence-corrected chi connectivity index (χ4v) is 9.73.